The fourth-order valence-electron chi connectivity index (χ4n) is 4.82. The number of hydrogen-bond donors (Lipinski definition) is 1. The molecule has 1 aliphatic carbocycles. The number of carboxylic acids is 1. The van der Waals surface area contributed by atoms with E-state index >= 15 is 0 Å². The lowest BCUT2D eigenvalue weighted by Gasteiger charge is -2.34. The van der Waals surface area contributed by atoms with E-state index in [2.05, 4.69) is 13.8 Å². The van der Waals surface area contributed by atoms with Crippen molar-refractivity contribution < 1.29 is 23.4 Å². The molecule has 1 unspecified atom stereocenters. The van der Waals surface area contributed by atoms with Gasteiger partial charge in [-0.3, -0.25) is 0 Å². The number of halogens is 2. The van der Waals surface area contributed by atoms with Crippen LogP contribution in [0.1, 0.15) is 114 Å². The SMILES string of the molecule is CCCCCCCC(Oc1ccc(C(=O)O)c(F)c1F)[C@H]1CC[C@H](CCCCC)CC1. The van der Waals surface area contributed by atoms with Gasteiger partial charge in [0.2, 0.25) is 5.82 Å². The highest BCUT2D eigenvalue weighted by Crippen LogP contribution is 2.37. The van der Waals surface area contributed by atoms with Crippen molar-refractivity contribution in [1.29, 1.82) is 0 Å². The van der Waals surface area contributed by atoms with Crippen LogP contribution >= 0.6 is 0 Å². The van der Waals surface area contributed by atoms with Crippen molar-refractivity contribution in [1.82, 2.24) is 0 Å². The van der Waals surface area contributed by atoms with Gasteiger partial charge < -0.3 is 9.84 Å². The molecule has 0 heterocycles. The molecule has 1 N–H and O–H groups in total. The molecule has 0 saturated heterocycles. The van der Waals surface area contributed by atoms with Gasteiger partial charge in [-0.2, -0.15) is 4.39 Å². The maximum Gasteiger partial charge on any atom is 0.338 e. The molecular weight excluding hydrogens is 398 g/mol. The van der Waals surface area contributed by atoms with Crippen molar-refractivity contribution in [3.63, 3.8) is 0 Å². The molecule has 0 spiro atoms. The van der Waals surface area contributed by atoms with E-state index < -0.39 is 23.2 Å². The van der Waals surface area contributed by atoms with E-state index in [1.165, 1.54) is 63.9 Å². The summed E-state index contributed by atoms with van der Waals surface area (Å²) >= 11 is 0. The van der Waals surface area contributed by atoms with Crippen LogP contribution in [0.5, 0.6) is 5.75 Å². The summed E-state index contributed by atoms with van der Waals surface area (Å²) in [4.78, 5) is 11.1. The summed E-state index contributed by atoms with van der Waals surface area (Å²) in [6.45, 7) is 4.41. The molecule has 1 aromatic carbocycles. The average Bonchev–Trinajstić information content (AvgIpc) is 2.76. The van der Waals surface area contributed by atoms with Gasteiger partial charge in [0.1, 0.15) is 6.10 Å². The number of hydrogen-bond acceptors (Lipinski definition) is 2. The van der Waals surface area contributed by atoms with Crippen molar-refractivity contribution in [3.05, 3.63) is 29.3 Å². The Morgan fingerprint density at radius 3 is 2.26 bits per heavy atom. The van der Waals surface area contributed by atoms with Crippen molar-refractivity contribution in [2.45, 2.75) is 110 Å². The van der Waals surface area contributed by atoms with Crippen molar-refractivity contribution in [2.24, 2.45) is 11.8 Å². The maximum atomic E-state index is 14.5. The Balaban J connectivity index is 2.02. The third-order valence-corrected chi connectivity index (χ3v) is 6.78. The lowest BCUT2D eigenvalue weighted by molar-refractivity contribution is 0.0687. The Kier molecular flexibility index (Phi) is 11.3. The molecule has 0 bridgehead atoms. The summed E-state index contributed by atoms with van der Waals surface area (Å²) in [5.41, 5.74) is -0.659. The standard InChI is InChI=1S/C26H40F2O3/c1-3-5-7-8-10-12-22(20-15-13-19(14-16-20)11-9-6-4-2)31-23-18-17-21(26(29)30)24(27)25(23)28/h17-20,22H,3-16H2,1-2H3,(H,29,30)/t19-,20-,22?. The summed E-state index contributed by atoms with van der Waals surface area (Å²) in [6, 6.07) is 2.36. The van der Waals surface area contributed by atoms with Gasteiger partial charge in [0.05, 0.1) is 5.56 Å². The Bertz CT molecular complexity index is 669. The predicted molar refractivity (Wildman–Crippen MR) is 121 cm³/mol. The average molecular weight is 439 g/mol. The molecule has 0 amide bonds. The van der Waals surface area contributed by atoms with E-state index in [1.54, 1.807) is 0 Å². The van der Waals surface area contributed by atoms with Gasteiger partial charge in [-0.15, -0.1) is 0 Å². The highest BCUT2D eigenvalue weighted by Gasteiger charge is 2.30. The number of carbonyl (C=O) groups is 1. The van der Waals surface area contributed by atoms with Crippen molar-refractivity contribution in [3.8, 4) is 5.75 Å². The molecule has 31 heavy (non-hydrogen) atoms. The number of carboxylic acid groups (broad SMARTS) is 1. The van der Waals surface area contributed by atoms with Crippen LogP contribution in [0.15, 0.2) is 12.1 Å². The fraction of sp³-hybridized carbons (Fsp3) is 0.731. The summed E-state index contributed by atoms with van der Waals surface area (Å²) in [6.07, 6.45) is 16.0. The van der Waals surface area contributed by atoms with Gasteiger partial charge in [0, 0.05) is 0 Å². The molecule has 1 atom stereocenters. The molecule has 5 heteroatoms. The lowest BCUT2D eigenvalue weighted by Crippen LogP contribution is -2.31. The van der Waals surface area contributed by atoms with E-state index in [1.807, 2.05) is 0 Å². The molecule has 3 nitrogen and oxygen atoms in total. The maximum absolute atomic E-state index is 14.5. The third-order valence-electron chi connectivity index (χ3n) is 6.78. The minimum atomic E-state index is -1.48. The van der Waals surface area contributed by atoms with Crippen molar-refractivity contribution in [2.75, 3.05) is 0 Å². The lowest BCUT2D eigenvalue weighted by atomic mass is 9.76. The van der Waals surface area contributed by atoms with E-state index in [4.69, 9.17) is 9.84 Å². The Labute approximate surface area is 186 Å². The van der Waals surface area contributed by atoms with Crippen molar-refractivity contribution >= 4 is 5.97 Å². The largest absolute Gasteiger partial charge is 0.487 e. The third kappa shape index (κ3) is 8.08. The molecule has 1 fully saturated rings. The normalized spacial score (nSPS) is 19.9. The highest BCUT2D eigenvalue weighted by molar-refractivity contribution is 5.88. The number of rotatable bonds is 14. The molecule has 1 aliphatic rings. The Morgan fingerprint density at radius 2 is 1.61 bits per heavy atom. The number of benzene rings is 1. The minimum Gasteiger partial charge on any atom is -0.487 e. The number of ether oxygens (including phenoxy) is 1. The van der Waals surface area contributed by atoms with Crippen LogP contribution < -0.4 is 4.74 Å². The second-order valence-electron chi connectivity index (χ2n) is 9.18. The first-order chi connectivity index (χ1) is 15.0. The number of unbranched alkanes of at least 4 members (excludes halogenated alkanes) is 6. The quantitative estimate of drug-likeness (QED) is 0.298. The molecule has 0 radical (unpaired) electrons. The first kappa shape index (κ1) is 25.6. The van der Waals surface area contributed by atoms with Crippen LogP contribution in [0.2, 0.25) is 0 Å². The first-order valence-corrected chi connectivity index (χ1v) is 12.4. The molecular formula is C26H40F2O3. The van der Waals surface area contributed by atoms with Gasteiger partial charge in [-0.05, 0) is 49.7 Å². The monoisotopic (exact) mass is 438 g/mol. The van der Waals surface area contributed by atoms with Gasteiger partial charge >= 0.3 is 5.97 Å². The van der Waals surface area contributed by atoms with Crippen LogP contribution in [-0.4, -0.2) is 17.2 Å². The molecule has 1 saturated carbocycles. The summed E-state index contributed by atoms with van der Waals surface area (Å²) in [5.74, 6) is -3.05. The summed E-state index contributed by atoms with van der Waals surface area (Å²) in [7, 11) is 0. The smallest absolute Gasteiger partial charge is 0.338 e. The van der Waals surface area contributed by atoms with E-state index in [9.17, 15) is 13.6 Å². The predicted octanol–water partition coefficient (Wildman–Crippen LogP) is 8.16. The van der Waals surface area contributed by atoms with E-state index in [0.717, 1.165) is 44.1 Å². The van der Waals surface area contributed by atoms with Crippen LogP contribution in [0.4, 0.5) is 8.78 Å². The zero-order valence-corrected chi connectivity index (χ0v) is 19.3. The van der Waals surface area contributed by atoms with Crippen LogP contribution in [0.3, 0.4) is 0 Å². The van der Waals surface area contributed by atoms with E-state index in [-0.39, 0.29) is 11.9 Å². The molecule has 0 aromatic heterocycles. The molecule has 2 rings (SSSR count). The zero-order valence-electron chi connectivity index (χ0n) is 19.3. The molecule has 1 aromatic rings. The van der Waals surface area contributed by atoms with Crippen LogP contribution in [0.25, 0.3) is 0 Å². The Morgan fingerprint density at radius 1 is 0.968 bits per heavy atom. The minimum absolute atomic E-state index is 0.150. The van der Waals surface area contributed by atoms with Crippen LogP contribution in [0, 0.1) is 23.5 Å². The summed E-state index contributed by atoms with van der Waals surface area (Å²) in [5, 5.41) is 9.01. The number of aromatic carboxylic acids is 1. The zero-order chi connectivity index (χ0) is 22.6. The topological polar surface area (TPSA) is 46.5 Å². The van der Waals surface area contributed by atoms with Gasteiger partial charge in [0.15, 0.2) is 11.6 Å². The van der Waals surface area contributed by atoms with Crippen LogP contribution in [-0.2, 0) is 0 Å². The van der Waals surface area contributed by atoms with E-state index in [0.29, 0.717) is 5.92 Å². The highest BCUT2D eigenvalue weighted by atomic mass is 19.2. The second-order valence-corrected chi connectivity index (χ2v) is 9.18. The van der Waals surface area contributed by atoms with Gasteiger partial charge in [0.25, 0.3) is 0 Å². The Hall–Kier alpha value is -1.65. The second kappa shape index (κ2) is 13.7. The first-order valence-electron chi connectivity index (χ1n) is 12.4. The van der Waals surface area contributed by atoms with Gasteiger partial charge in [-0.25, -0.2) is 9.18 Å². The molecule has 0 aliphatic heterocycles. The fourth-order valence-corrected chi connectivity index (χ4v) is 4.82. The summed E-state index contributed by atoms with van der Waals surface area (Å²) < 4.78 is 34.7. The molecule has 176 valence electrons. The van der Waals surface area contributed by atoms with Gasteiger partial charge in [-0.1, -0.05) is 78.1 Å².